The smallest absolute Gasteiger partial charge is 0.406 e. The van der Waals surface area contributed by atoms with E-state index in [-0.39, 0.29) is 23.9 Å². The summed E-state index contributed by atoms with van der Waals surface area (Å²) in [6.45, 7) is -0.0438. The van der Waals surface area contributed by atoms with Crippen LogP contribution < -0.4 is 14.8 Å². The first-order valence-corrected chi connectivity index (χ1v) is 8.82. The molecule has 0 aliphatic carbocycles. The Kier molecular flexibility index (Phi) is 5.93. The maximum absolute atomic E-state index is 12.1. The fourth-order valence-electron chi connectivity index (χ4n) is 2.05. The van der Waals surface area contributed by atoms with Gasteiger partial charge in [0.2, 0.25) is 10.0 Å². The molecule has 0 bridgehead atoms. The van der Waals surface area contributed by atoms with E-state index in [1.54, 1.807) is 29.9 Å². The molecule has 2 rings (SSSR count). The van der Waals surface area contributed by atoms with Crippen LogP contribution in [-0.2, 0) is 17.1 Å². The minimum Gasteiger partial charge on any atom is -0.406 e. The van der Waals surface area contributed by atoms with Crippen molar-refractivity contribution in [2.45, 2.75) is 11.3 Å². The fourth-order valence-corrected chi connectivity index (χ4v) is 3.08. The topological polar surface area (TPSA) is 89.4 Å². The molecule has 0 spiro atoms. The number of amides is 1. The minimum atomic E-state index is -4.85. The van der Waals surface area contributed by atoms with Gasteiger partial charge in [-0.2, -0.15) is 0 Å². The molecule has 0 fully saturated rings. The molecule has 7 nitrogen and oxygen atoms in total. The monoisotopic (exact) mass is 391 g/mol. The third-order valence-corrected chi connectivity index (χ3v) is 4.72. The van der Waals surface area contributed by atoms with Crippen molar-refractivity contribution >= 4 is 15.9 Å². The number of hydrogen-bond donors (Lipinski definition) is 2. The van der Waals surface area contributed by atoms with E-state index in [2.05, 4.69) is 14.8 Å². The number of nitrogens with zero attached hydrogens (tertiary/aromatic N) is 1. The molecular weight excluding hydrogens is 375 g/mol. The lowest BCUT2D eigenvalue weighted by Gasteiger charge is -2.10. The molecule has 1 aromatic carbocycles. The van der Waals surface area contributed by atoms with Gasteiger partial charge in [-0.1, -0.05) is 0 Å². The molecule has 0 atom stereocenters. The number of rotatable bonds is 7. The molecule has 26 heavy (non-hydrogen) atoms. The lowest BCUT2D eigenvalue weighted by molar-refractivity contribution is -0.274. The van der Waals surface area contributed by atoms with Crippen molar-refractivity contribution in [1.29, 1.82) is 0 Å². The third kappa shape index (κ3) is 5.49. The third-order valence-electron chi connectivity index (χ3n) is 3.25. The average molecular weight is 391 g/mol. The first-order valence-electron chi connectivity index (χ1n) is 7.33. The molecule has 0 aliphatic rings. The number of aromatic nitrogens is 1. The van der Waals surface area contributed by atoms with Crippen molar-refractivity contribution in [3.63, 3.8) is 0 Å². The lowest BCUT2D eigenvalue weighted by Crippen LogP contribution is -2.35. The zero-order valence-electron chi connectivity index (χ0n) is 13.6. The number of alkyl halides is 3. The van der Waals surface area contributed by atoms with Crippen molar-refractivity contribution in [1.82, 2.24) is 14.6 Å². The van der Waals surface area contributed by atoms with Crippen molar-refractivity contribution < 1.29 is 31.1 Å². The van der Waals surface area contributed by atoms with Gasteiger partial charge in [0.05, 0.1) is 4.90 Å². The summed E-state index contributed by atoms with van der Waals surface area (Å²) >= 11 is 0. The Bertz CT molecular complexity index is 861. The molecule has 2 aromatic rings. The van der Waals surface area contributed by atoms with Crippen LogP contribution in [0.15, 0.2) is 47.5 Å². The van der Waals surface area contributed by atoms with Gasteiger partial charge < -0.3 is 14.6 Å². The molecule has 11 heteroatoms. The van der Waals surface area contributed by atoms with Gasteiger partial charge in [0.15, 0.2) is 0 Å². The van der Waals surface area contributed by atoms with E-state index in [9.17, 15) is 26.4 Å². The summed E-state index contributed by atoms with van der Waals surface area (Å²) in [6.07, 6.45) is -3.15. The number of carbonyl (C=O) groups excluding carboxylic acids is 1. The number of carbonyl (C=O) groups is 1. The Balaban J connectivity index is 1.86. The standard InChI is InChI=1S/C15H16F3N3O4S/c1-21-10-2-3-13(21)14(22)19-8-9-20-26(23,24)12-6-4-11(5-7-12)25-15(16,17)18/h2-7,10,20H,8-9H2,1H3,(H,19,22). The highest BCUT2D eigenvalue weighted by atomic mass is 32.2. The predicted molar refractivity (Wildman–Crippen MR) is 86.1 cm³/mol. The van der Waals surface area contributed by atoms with Crippen molar-refractivity contribution in [3.8, 4) is 5.75 Å². The van der Waals surface area contributed by atoms with Crippen LogP contribution in [0.5, 0.6) is 5.75 Å². The molecule has 1 aromatic heterocycles. The largest absolute Gasteiger partial charge is 0.573 e. The summed E-state index contributed by atoms with van der Waals surface area (Å²) in [6, 6.07) is 7.10. The first kappa shape index (κ1) is 19.8. The summed E-state index contributed by atoms with van der Waals surface area (Å²) < 4.78 is 67.9. The van der Waals surface area contributed by atoms with Crippen LogP contribution in [0.2, 0.25) is 0 Å². The number of hydrogen-bond acceptors (Lipinski definition) is 4. The molecule has 0 aliphatic heterocycles. The number of benzene rings is 1. The SMILES string of the molecule is Cn1cccc1C(=O)NCCNS(=O)(=O)c1ccc(OC(F)(F)F)cc1. The van der Waals surface area contributed by atoms with Crippen LogP contribution in [-0.4, -0.2) is 38.3 Å². The van der Waals surface area contributed by atoms with Crippen LogP contribution in [0.3, 0.4) is 0 Å². The number of ether oxygens (including phenoxy) is 1. The van der Waals surface area contributed by atoms with E-state index in [1.165, 1.54) is 0 Å². The van der Waals surface area contributed by atoms with E-state index >= 15 is 0 Å². The molecule has 1 amide bonds. The van der Waals surface area contributed by atoms with E-state index in [0.717, 1.165) is 24.3 Å². The fraction of sp³-hybridized carbons (Fsp3) is 0.267. The van der Waals surface area contributed by atoms with Crippen molar-refractivity contribution in [2.75, 3.05) is 13.1 Å². The minimum absolute atomic E-state index is 0.0402. The molecule has 0 unspecified atom stereocenters. The predicted octanol–water partition coefficient (Wildman–Crippen LogP) is 1.63. The second-order valence-corrected chi connectivity index (χ2v) is 6.94. The van der Waals surface area contributed by atoms with Crippen LogP contribution in [0.1, 0.15) is 10.5 Å². The molecule has 0 saturated heterocycles. The van der Waals surface area contributed by atoms with E-state index in [1.807, 2.05) is 0 Å². The number of halogens is 3. The van der Waals surface area contributed by atoms with Crippen molar-refractivity contribution in [3.05, 3.63) is 48.3 Å². The summed E-state index contributed by atoms with van der Waals surface area (Å²) in [5, 5.41) is 2.55. The maximum atomic E-state index is 12.1. The summed E-state index contributed by atoms with van der Waals surface area (Å²) in [5.74, 6) is -0.878. The Morgan fingerprint density at radius 2 is 1.81 bits per heavy atom. The highest BCUT2D eigenvalue weighted by Gasteiger charge is 2.31. The molecule has 1 heterocycles. The Morgan fingerprint density at radius 1 is 1.15 bits per heavy atom. The van der Waals surface area contributed by atoms with Crippen LogP contribution in [0, 0.1) is 0 Å². The van der Waals surface area contributed by atoms with Gasteiger partial charge in [0, 0.05) is 26.3 Å². The zero-order chi connectivity index (χ0) is 19.4. The highest BCUT2D eigenvalue weighted by Crippen LogP contribution is 2.23. The van der Waals surface area contributed by atoms with Gasteiger partial charge in [0.1, 0.15) is 11.4 Å². The number of nitrogens with one attached hydrogen (secondary N) is 2. The maximum Gasteiger partial charge on any atom is 0.573 e. The van der Waals surface area contributed by atoms with Crippen LogP contribution in [0.4, 0.5) is 13.2 Å². The van der Waals surface area contributed by atoms with Gasteiger partial charge in [-0.25, -0.2) is 13.1 Å². The second-order valence-electron chi connectivity index (χ2n) is 5.18. The Morgan fingerprint density at radius 3 is 2.35 bits per heavy atom. The van der Waals surface area contributed by atoms with Gasteiger partial charge >= 0.3 is 6.36 Å². The molecule has 142 valence electrons. The number of aryl methyl sites for hydroxylation is 1. The van der Waals surface area contributed by atoms with Gasteiger partial charge in [-0.3, -0.25) is 4.79 Å². The first-order chi connectivity index (χ1) is 12.1. The average Bonchev–Trinajstić information content (AvgIpc) is 2.96. The normalized spacial score (nSPS) is 12.0. The molecule has 0 radical (unpaired) electrons. The van der Waals surface area contributed by atoms with Crippen LogP contribution in [0.25, 0.3) is 0 Å². The summed E-state index contributed by atoms with van der Waals surface area (Å²) in [4.78, 5) is 11.6. The highest BCUT2D eigenvalue weighted by molar-refractivity contribution is 7.89. The Labute approximate surface area is 147 Å². The van der Waals surface area contributed by atoms with E-state index in [4.69, 9.17) is 0 Å². The molecular formula is C15H16F3N3O4S. The quantitative estimate of drug-likeness (QED) is 0.702. The Hall–Kier alpha value is -2.53. The summed E-state index contributed by atoms with van der Waals surface area (Å²) in [5.41, 5.74) is 0.424. The van der Waals surface area contributed by atoms with Gasteiger partial charge in [0.25, 0.3) is 5.91 Å². The van der Waals surface area contributed by atoms with E-state index < -0.39 is 22.1 Å². The lowest BCUT2D eigenvalue weighted by atomic mass is 10.3. The van der Waals surface area contributed by atoms with Gasteiger partial charge in [-0.05, 0) is 36.4 Å². The van der Waals surface area contributed by atoms with Crippen molar-refractivity contribution in [2.24, 2.45) is 7.05 Å². The second kappa shape index (κ2) is 7.79. The molecule has 2 N–H and O–H groups in total. The molecule has 0 saturated carbocycles. The van der Waals surface area contributed by atoms with E-state index in [0.29, 0.717) is 5.69 Å². The van der Waals surface area contributed by atoms with Crippen LogP contribution >= 0.6 is 0 Å². The van der Waals surface area contributed by atoms with Gasteiger partial charge in [-0.15, -0.1) is 13.2 Å². The number of sulfonamides is 1. The summed E-state index contributed by atoms with van der Waals surface area (Å²) in [7, 11) is -2.23. The zero-order valence-corrected chi connectivity index (χ0v) is 14.4.